The van der Waals surface area contributed by atoms with E-state index in [2.05, 4.69) is 21.2 Å². The van der Waals surface area contributed by atoms with E-state index in [4.69, 9.17) is 34.4 Å². The lowest BCUT2D eigenvalue weighted by atomic mass is 10.1. The Labute approximate surface area is 253 Å². The summed E-state index contributed by atoms with van der Waals surface area (Å²) >= 11 is 0. The maximum absolute atomic E-state index is 11.7. The molecule has 3 heterocycles. The molecule has 1 aliphatic heterocycles. The van der Waals surface area contributed by atoms with Gasteiger partial charge in [-0.15, -0.1) is 0 Å². The van der Waals surface area contributed by atoms with Gasteiger partial charge in [-0.2, -0.15) is 49.7 Å². The predicted molar refractivity (Wildman–Crippen MR) is 134 cm³/mol. The first-order valence-corrected chi connectivity index (χ1v) is 12.2. The normalized spacial score (nSPS) is 14.9. The number of aryl methyl sites for hydroxylation is 1. The molecule has 1 atom stereocenters. The zero-order chi connectivity index (χ0) is 36.0. The van der Waals surface area contributed by atoms with Gasteiger partial charge in [0, 0.05) is 71.2 Å². The summed E-state index contributed by atoms with van der Waals surface area (Å²) in [6, 6.07) is 2.06. The molecular formula is C23H29F9N6O8. The van der Waals surface area contributed by atoms with Crippen LogP contribution in [0.4, 0.5) is 39.5 Å². The topological polar surface area (TPSA) is 180 Å². The number of hydrogen-bond donors (Lipinski definition) is 3. The second kappa shape index (κ2) is 17.9. The third kappa shape index (κ3) is 17.2. The quantitative estimate of drug-likeness (QED) is 0.379. The molecule has 1 amide bonds. The third-order valence-corrected chi connectivity index (χ3v) is 5.11. The number of nitrogens with zero attached hydrogens (tertiary/aromatic N) is 6. The highest BCUT2D eigenvalue weighted by Gasteiger charge is 2.39. The van der Waals surface area contributed by atoms with E-state index in [1.54, 1.807) is 19.0 Å². The number of hydrogen-bond acceptors (Lipinski definition) is 8. The number of likely N-dealkylation sites (N-methyl/N-ethyl adjacent to an activating group) is 1. The Morgan fingerprint density at radius 2 is 1.37 bits per heavy atom. The fraction of sp³-hybridized carbons (Fsp3) is 0.565. The minimum absolute atomic E-state index is 0.0133. The van der Waals surface area contributed by atoms with Crippen LogP contribution < -0.4 is 0 Å². The molecule has 0 aromatic carbocycles. The van der Waals surface area contributed by atoms with E-state index in [0.717, 1.165) is 26.2 Å². The lowest BCUT2D eigenvalue weighted by Crippen LogP contribution is -2.32. The predicted octanol–water partition coefficient (Wildman–Crippen LogP) is 2.25. The maximum Gasteiger partial charge on any atom is 0.490 e. The Morgan fingerprint density at radius 3 is 1.76 bits per heavy atom. The molecule has 1 aliphatic rings. The van der Waals surface area contributed by atoms with Crippen molar-refractivity contribution in [3.8, 4) is 0 Å². The van der Waals surface area contributed by atoms with Gasteiger partial charge in [0.05, 0.1) is 18.5 Å². The Kier molecular flexibility index (Phi) is 16.2. The summed E-state index contributed by atoms with van der Waals surface area (Å²) in [6.45, 7) is 4.06. The molecule has 0 spiro atoms. The molecule has 46 heavy (non-hydrogen) atoms. The summed E-state index contributed by atoms with van der Waals surface area (Å²) in [5.41, 5.74) is 2.40. The molecule has 23 heteroatoms. The van der Waals surface area contributed by atoms with Gasteiger partial charge < -0.3 is 25.0 Å². The number of rotatable bonds is 6. The molecule has 14 nitrogen and oxygen atoms in total. The molecule has 3 N–H and O–H groups in total. The Morgan fingerprint density at radius 1 is 0.891 bits per heavy atom. The summed E-state index contributed by atoms with van der Waals surface area (Å²) < 4.78 is 105. The highest BCUT2D eigenvalue weighted by Crippen LogP contribution is 2.19. The molecule has 2 aromatic rings. The fourth-order valence-electron chi connectivity index (χ4n) is 3.10. The molecule has 3 rings (SSSR count). The first-order valence-electron chi connectivity index (χ1n) is 12.2. The average Bonchev–Trinajstić information content (AvgIpc) is 3.47. The summed E-state index contributed by atoms with van der Waals surface area (Å²) in [6.07, 6.45) is -9.46. The fourth-order valence-corrected chi connectivity index (χ4v) is 3.10. The van der Waals surface area contributed by atoms with Crippen LogP contribution in [0.15, 0.2) is 24.7 Å². The highest BCUT2D eigenvalue weighted by atomic mass is 19.4. The number of alkyl halides is 9. The van der Waals surface area contributed by atoms with E-state index in [0.29, 0.717) is 6.61 Å². The van der Waals surface area contributed by atoms with Crippen molar-refractivity contribution in [2.45, 2.75) is 38.2 Å². The van der Waals surface area contributed by atoms with Crippen LogP contribution in [-0.2, 0) is 50.6 Å². The second-order valence-corrected chi connectivity index (χ2v) is 9.27. The van der Waals surface area contributed by atoms with Crippen molar-refractivity contribution < 1.29 is 78.7 Å². The number of carbonyl (C=O) groups is 4. The van der Waals surface area contributed by atoms with Crippen molar-refractivity contribution in [1.82, 2.24) is 29.4 Å². The number of halogens is 9. The highest BCUT2D eigenvalue weighted by molar-refractivity contribution is 5.76. The minimum atomic E-state index is -5.08. The monoisotopic (exact) mass is 688 g/mol. The van der Waals surface area contributed by atoms with Crippen molar-refractivity contribution in [3.63, 3.8) is 0 Å². The van der Waals surface area contributed by atoms with E-state index in [9.17, 15) is 44.3 Å². The van der Waals surface area contributed by atoms with Gasteiger partial charge in [-0.1, -0.05) is 0 Å². The van der Waals surface area contributed by atoms with Gasteiger partial charge in [0.25, 0.3) is 0 Å². The smallest absolute Gasteiger partial charge is 0.475 e. The number of carboxylic acids is 3. The summed E-state index contributed by atoms with van der Waals surface area (Å²) in [7, 11) is 5.41. The number of fused-ring (bicyclic) bond motifs is 1. The largest absolute Gasteiger partial charge is 0.490 e. The van der Waals surface area contributed by atoms with Crippen molar-refractivity contribution >= 4 is 23.8 Å². The molecule has 0 saturated carbocycles. The summed E-state index contributed by atoms with van der Waals surface area (Å²) in [4.78, 5) is 42.3. The number of amides is 1. The first-order chi connectivity index (χ1) is 20.8. The molecule has 0 bridgehead atoms. The number of carbonyl (C=O) groups excluding carboxylic acids is 1. The van der Waals surface area contributed by atoms with Crippen LogP contribution in [-0.4, -0.2) is 121 Å². The number of carboxylic acid groups (broad SMARTS) is 3. The van der Waals surface area contributed by atoms with Crippen LogP contribution in [0, 0.1) is 5.92 Å². The van der Waals surface area contributed by atoms with Crippen molar-refractivity contribution in [1.29, 1.82) is 0 Å². The molecule has 2 aromatic heterocycles. The van der Waals surface area contributed by atoms with Crippen LogP contribution in [0.5, 0.6) is 0 Å². The van der Waals surface area contributed by atoms with Crippen LogP contribution in [0.3, 0.4) is 0 Å². The van der Waals surface area contributed by atoms with Crippen LogP contribution in [0.1, 0.15) is 11.3 Å². The lowest BCUT2D eigenvalue weighted by Gasteiger charge is -2.23. The molecule has 0 saturated heterocycles. The molecule has 1 unspecified atom stereocenters. The van der Waals surface area contributed by atoms with Crippen molar-refractivity contribution in [2.24, 2.45) is 13.0 Å². The van der Waals surface area contributed by atoms with E-state index in [1.807, 2.05) is 35.0 Å². The minimum Gasteiger partial charge on any atom is -0.475 e. The van der Waals surface area contributed by atoms with Gasteiger partial charge in [0.2, 0.25) is 5.91 Å². The average molecular weight is 689 g/mol. The molecular weight excluding hydrogens is 659 g/mol. The zero-order valence-electron chi connectivity index (χ0n) is 24.1. The SMILES string of the molecule is CN(C)C(=O)COCC1CN(Cc2cnn(C)c2)Cc2ccnn2C1.O=C(O)C(F)(F)F.O=C(O)C(F)(F)F.O=C(O)C(F)(F)F. The molecule has 262 valence electrons. The molecule has 0 fully saturated rings. The van der Waals surface area contributed by atoms with Crippen molar-refractivity contribution in [3.05, 3.63) is 35.9 Å². The summed E-state index contributed by atoms with van der Waals surface area (Å²) in [5, 5.41) is 30.1. The van der Waals surface area contributed by atoms with Crippen molar-refractivity contribution in [2.75, 3.05) is 33.9 Å². The third-order valence-electron chi connectivity index (χ3n) is 5.11. The van der Waals surface area contributed by atoms with Crippen LogP contribution in [0.25, 0.3) is 0 Å². The number of aromatic nitrogens is 4. The standard InChI is InChI=1S/C17H26N6O2.3C2HF3O2/c1-20(2)17(24)13-25-12-15-9-22(8-14-6-19-21(3)7-14)11-16-4-5-18-23(16)10-15;3*3-2(4,5)1(6)7/h4-7,15H,8-13H2,1-3H3;3*(H,6,7). The van der Waals surface area contributed by atoms with Gasteiger partial charge >= 0.3 is 36.4 Å². The van der Waals surface area contributed by atoms with Gasteiger partial charge in [-0.25, -0.2) is 14.4 Å². The Hall–Kier alpha value is -4.41. The van der Waals surface area contributed by atoms with Crippen LogP contribution >= 0.6 is 0 Å². The Balaban J connectivity index is 0.000000786. The molecule has 0 aliphatic carbocycles. The first kappa shape index (κ1) is 41.6. The second-order valence-electron chi connectivity index (χ2n) is 9.27. The van der Waals surface area contributed by atoms with Gasteiger partial charge in [0.15, 0.2) is 0 Å². The van der Waals surface area contributed by atoms with Gasteiger partial charge in [-0.3, -0.25) is 19.1 Å². The summed E-state index contributed by atoms with van der Waals surface area (Å²) in [5.74, 6) is -8.00. The lowest BCUT2D eigenvalue weighted by molar-refractivity contribution is -0.193. The number of ether oxygens (including phenoxy) is 1. The zero-order valence-corrected chi connectivity index (χ0v) is 24.1. The maximum atomic E-state index is 11.7. The van der Waals surface area contributed by atoms with Crippen LogP contribution in [0.2, 0.25) is 0 Å². The Bertz CT molecular complexity index is 1220. The van der Waals surface area contributed by atoms with E-state index in [1.165, 1.54) is 11.3 Å². The van der Waals surface area contributed by atoms with Gasteiger partial charge in [0.1, 0.15) is 6.61 Å². The number of aliphatic carboxylic acids is 3. The van der Waals surface area contributed by atoms with Gasteiger partial charge in [-0.05, 0) is 6.07 Å². The van der Waals surface area contributed by atoms with E-state index >= 15 is 0 Å². The molecule has 0 radical (unpaired) electrons. The van der Waals surface area contributed by atoms with E-state index in [-0.39, 0.29) is 18.4 Å². The van der Waals surface area contributed by atoms with E-state index < -0.39 is 36.4 Å².